The molecule has 0 saturated heterocycles. The molecular weight excluding hydrogens is 480 g/mol. The molecule has 0 aliphatic carbocycles. The van der Waals surface area contributed by atoms with Gasteiger partial charge in [0.05, 0.1) is 6.42 Å². The molecule has 2 rings (SSSR count). The maximum atomic E-state index is 13.0. The minimum absolute atomic E-state index is 0.0224. The third-order valence-electron chi connectivity index (χ3n) is 5.21. The highest BCUT2D eigenvalue weighted by Crippen LogP contribution is 2.08. The third kappa shape index (κ3) is 10.0. The number of ether oxygens (including phenoxy) is 2. The summed E-state index contributed by atoms with van der Waals surface area (Å²) in [6.07, 6.45) is -1.46. The lowest BCUT2D eigenvalue weighted by Crippen LogP contribution is -2.61. The average Bonchev–Trinajstić information content (AvgIpc) is 2.86. The van der Waals surface area contributed by atoms with E-state index in [1.807, 2.05) is 12.1 Å². The molecule has 0 aliphatic rings. The average molecular weight is 513 g/mol. The fourth-order valence-electron chi connectivity index (χ4n) is 2.98. The smallest absolute Gasteiger partial charge is 0.408 e. The van der Waals surface area contributed by atoms with Crippen molar-refractivity contribution in [2.24, 2.45) is 5.73 Å². The number of nitrogens with one attached hydrogen (secondary N) is 3. The fourth-order valence-corrected chi connectivity index (χ4v) is 2.98. The quantitative estimate of drug-likeness (QED) is 0.311. The van der Waals surface area contributed by atoms with Crippen LogP contribution in [0.1, 0.15) is 38.3 Å². The van der Waals surface area contributed by atoms with Crippen LogP contribution < -0.4 is 21.7 Å². The summed E-state index contributed by atoms with van der Waals surface area (Å²) in [5, 5.41) is 7.22. The molecule has 0 aromatic heterocycles. The van der Waals surface area contributed by atoms with Crippen LogP contribution in [0, 0.1) is 0 Å². The Morgan fingerprint density at radius 2 is 1.35 bits per heavy atom. The molecule has 37 heavy (non-hydrogen) atoms. The molecule has 0 unspecified atom stereocenters. The summed E-state index contributed by atoms with van der Waals surface area (Å²) in [7, 11) is 0. The predicted octanol–water partition coefficient (Wildman–Crippen LogP) is 1.30. The number of primary amides is 1. The van der Waals surface area contributed by atoms with E-state index in [9.17, 15) is 24.0 Å². The van der Waals surface area contributed by atoms with Crippen molar-refractivity contribution in [1.82, 2.24) is 16.0 Å². The fraction of sp³-hybridized carbons (Fsp3) is 0.346. The zero-order valence-electron chi connectivity index (χ0n) is 21.0. The van der Waals surface area contributed by atoms with Crippen molar-refractivity contribution in [1.29, 1.82) is 0 Å². The Balaban J connectivity index is 2.06. The molecule has 0 aliphatic heterocycles. The maximum absolute atomic E-state index is 13.0. The number of esters is 1. The summed E-state index contributed by atoms with van der Waals surface area (Å²) >= 11 is 0. The number of alkyl carbamates (subject to hydrolysis) is 1. The Morgan fingerprint density at radius 1 is 0.838 bits per heavy atom. The lowest BCUT2D eigenvalue weighted by Gasteiger charge is -2.28. The van der Waals surface area contributed by atoms with Crippen molar-refractivity contribution in [3.05, 3.63) is 71.8 Å². The minimum Gasteiger partial charge on any atom is -0.461 e. The molecule has 198 valence electrons. The molecular formula is C26H32N4O7. The number of benzene rings is 2. The van der Waals surface area contributed by atoms with Gasteiger partial charge in [0.2, 0.25) is 17.7 Å². The van der Waals surface area contributed by atoms with Gasteiger partial charge in [-0.1, -0.05) is 60.7 Å². The van der Waals surface area contributed by atoms with E-state index in [4.69, 9.17) is 15.2 Å². The van der Waals surface area contributed by atoms with Gasteiger partial charge in [0.1, 0.15) is 30.8 Å². The van der Waals surface area contributed by atoms with Crippen LogP contribution in [-0.4, -0.2) is 47.4 Å². The van der Waals surface area contributed by atoms with Crippen LogP contribution in [0.5, 0.6) is 0 Å². The first-order chi connectivity index (χ1) is 17.5. The number of nitrogens with two attached hydrogens (primary N) is 1. The molecule has 0 saturated carbocycles. The number of carbonyl (C=O) groups is 5. The maximum Gasteiger partial charge on any atom is 0.408 e. The minimum atomic E-state index is -1.51. The first-order valence-corrected chi connectivity index (χ1v) is 11.6. The van der Waals surface area contributed by atoms with Gasteiger partial charge in [0.25, 0.3) is 0 Å². The van der Waals surface area contributed by atoms with Crippen molar-refractivity contribution in [3.63, 3.8) is 0 Å². The molecule has 0 radical (unpaired) electrons. The van der Waals surface area contributed by atoms with Crippen LogP contribution in [-0.2, 0) is 41.9 Å². The van der Waals surface area contributed by atoms with E-state index in [1.165, 1.54) is 20.8 Å². The lowest BCUT2D eigenvalue weighted by molar-refractivity contribution is -0.147. The Morgan fingerprint density at radius 3 is 1.86 bits per heavy atom. The molecule has 5 N–H and O–H groups in total. The molecule has 0 heterocycles. The largest absolute Gasteiger partial charge is 0.461 e. The van der Waals surface area contributed by atoms with Crippen LogP contribution in [0.2, 0.25) is 0 Å². The van der Waals surface area contributed by atoms with Crippen LogP contribution in [0.3, 0.4) is 0 Å². The highest BCUT2D eigenvalue weighted by Gasteiger charge is 2.35. The molecule has 2 aromatic rings. The molecule has 0 spiro atoms. The van der Waals surface area contributed by atoms with Crippen LogP contribution in [0.15, 0.2) is 60.7 Å². The highest BCUT2D eigenvalue weighted by molar-refractivity contribution is 5.96. The summed E-state index contributed by atoms with van der Waals surface area (Å²) in [4.78, 5) is 61.8. The van der Waals surface area contributed by atoms with Gasteiger partial charge in [-0.05, 0) is 31.9 Å². The van der Waals surface area contributed by atoms with Gasteiger partial charge >= 0.3 is 12.1 Å². The topological polar surface area (TPSA) is 166 Å². The monoisotopic (exact) mass is 512 g/mol. The Bertz CT molecular complexity index is 1030. The van der Waals surface area contributed by atoms with Crippen LogP contribution in [0.4, 0.5) is 4.79 Å². The number of carbonyl (C=O) groups excluding carboxylic acids is 5. The van der Waals surface area contributed by atoms with Gasteiger partial charge in [-0.3, -0.25) is 19.2 Å². The predicted molar refractivity (Wildman–Crippen MR) is 133 cm³/mol. The summed E-state index contributed by atoms with van der Waals surface area (Å²) < 4.78 is 10.4. The second kappa shape index (κ2) is 13.6. The number of amides is 4. The Hall–Kier alpha value is -4.41. The third-order valence-corrected chi connectivity index (χ3v) is 5.21. The highest BCUT2D eigenvalue weighted by atomic mass is 16.5. The van der Waals surface area contributed by atoms with Crippen molar-refractivity contribution in [3.8, 4) is 0 Å². The second-order valence-corrected chi connectivity index (χ2v) is 8.82. The zero-order valence-corrected chi connectivity index (χ0v) is 21.0. The van der Waals surface area contributed by atoms with Gasteiger partial charge in [0.15, 0.2) is 0 Å². The SMILES string of the molecule is C[C@H](NC(=O)C(C)(C)NC(=O)[C@@H](CC(=O)OCc1ccccc1)NC(=O)OCc1ccccc1)C(N)=O. The van der Waals surface area contributed by atoms with Gasteiger partial charge in [-0.25, -0.2) is 4.79 Å². The first-order valence-electron chi connectivity index (χ1n) is 11.6. The molecule has 4 amide bonds. The van der Waals surface area contributed by atoms with E-state index >= 15 is 0 Å². The van der Waals surface area contributed by atoms with E-state index in [1.54, 1.807) is 48.5 Å². The van der Waals surface area contributed by atoms with Gasteiger partial charge in [0, 0.05) is 0 Å². The molecule has 2 aromatic carbocycles. The van der Waals surface area contributed by atoms with E-state index in [0.29, 0.717) is 0 Å². The van der Waals surface area contributed by atoms with Crippen molar-refractivity contribution >= 4 is 29.8 Å². The van der Waals surface area contributed by atoms with Crippen molar-refractivity contribution < 1.29 is 33.4 Å². The number of hydrogen-bond donors (Lipinski definition) is 4. The van der Waals surface area contributed by atoms with Gasteiger partial charge in [-0.15, -0.1) is 0 Å². The van der Waals surface area contributed by atoms with E-state index in [2.05, 4.69) is 16.0 Å². The zero-order chi connectivity index (χ0) is 27.4. The summed E-state index contributed by atoms with van der Waals surface area (Å²) in [6, 6.07) is 15.4. The molecule has 0 fully saturated rings. The first kappa shape index (κ1) is 28.8. The van der Waals surface area contributed by atoms with E-state index in [-0.39, 0.29) is 13.2 Å². The van der Waals surface area contributed by atoms with Crippen LogP contribution >= 0.6 is 0 Å². The molecule has 2 atom stereocenters. The standard InChI is InChI=1S/C26H32N4O7/c1-17(22(27)32)28-24(34)26(2,3)30-23(33)20(14-21(31)36-15-18-10-6-4-7-11-18)29-25(35)37-16-19-12-8-5-9-13-19/h4-13,17,20H,14-16H2,1-3H3,(H2,27,32)(H,28,34)(H,29,35)(H,30,33)/t17-,20+/m0/s1. The molecule has 11 heteroatoms. The normalized spacial score (nSPS) is 12.4. The Kier molecular flexibility index (Phi) is 10.6. The van der Waals surface area contributed by atoms with E-state index < -0.39 is 53.8 Å². The van der Waals surface area contributed by atoms with Crippen molar-refractivity contribution in [2.75, 3.05) is 0 Å². The molecule has 0 bridgehead atoms. The second-order valence-electron chi connectivity index (χ2n) is 8.82. The summed E-state index contributed by atoms with van der Waals surface area (Å²) in [5.74, 6) is -3.03. The lowest BCUT2D eigenvalue weighted by atomic mass is 10.0. The van der Waals surface area contributed by atoms with E-state index in [0.717, 1.165) is 11.1 Å². The summed E-state index contributed by atoms with van der Waals surface area (Å²) in [6.45, 7) is 4.11. The van der Waals surface area contributed by atoms with Gasteiger partial charge in [-0.2, -0.15) is 0 Å². The number of rotatable bonds is 12. The molecule has 11 nitrogen and oxygen atoms in total. The number of hydrogen-bond acceptors (Lipinski definition) is 7. The van der Waals surface area contributed by atoms with Crippen LogP contribution in [0.25, 0.3) is 0 Å². The Labute approximate surface area is 215 Å². The summed E-state index contributed by atoms with van der Waals surface area (Å²) in [5.41, 5.74) is 5.13. The van der Waals surface area contributed by atoms with Gasteiger partial charge < -0.3 is 31.2 Å². The van der Waals surface area contributed by atoms with Crippen molar-refractivity contribution in [2.45, 2.75) is 58.0 Å².